The van der Waals surface area contributed by atoms with Gasteiger partial charge in [0, 0.05) is 39.0 Å². The van der Waals surface area contributed by atoms with Crippen LogP contribution in [0.3, 0.4) is 0 Å². The van der Waals surface area contributed by atoms with Crippen molar-refractivity contribution in [2.24, 2.45) is 0 Å². The molecule has 0 aromatic carbocycles. The Bertz CT molecular complexity index is 555. The van der Waals surface area contributed by atoms with Crippen LogP contribution in [0.25, 0.3) is 0 Å². The van der Waals surface area contributed by atoms with E-state index in [1.54, 1.807) is 13.3 Å². The van der Waals surface area contributed by atoms with Gasteiger partial charge in [-0.05, 0) is 6.92 Å². The molecule has 1 aromatic rings. The molecule has 8 nitrogen and oxygen atoms in total. The maximum atomic E-state index is 12.6. The van der Waals surface area contributed by atoms with E-state index in [-0.39, 0.29) is 11.5 Å². The molecule has 0 bridgehead atoms. The van der Waals surface area contributed by atoms with Gasteiger partial charge in [0.15, 0.2) is 0 Å². The summed E-state index contributed by atoms with van der Waals surface area (Å²) >= 11 is 0. The second kappa shape index (κ2) is 6.56. The van der Waals surface area contributed by atoms with Gasteiger partial charge in [-0.15, -0.1) is 0 Å². The number of methoxy groups -OCH3 is 1. The zero-order valence-corrected chi connectivity index (χ0v) is 13.6. The molecule has 2 aliphatic rings. The molecule has 3 heterocycles. The minimum atomic E-state index is -0.493. The van der Waals surface area contributed by atoms with Crippen LogP contribution in [0.4, 0.5) is 0 Å². The van der Waals surface area contributed by atoms with E-state index in [1.165, 1.54) is 0 Å². The maximum Gasteiger partial charge on any atom is 0.257 e. The summed E-state index contributed by atoms with van der Waals surface area (Å²) in [5, 5.41) is 16.5. The number of aromatic amines is 1. The Labute approximate surface area is 135 Å². The van der Waals surface area contributed by atoms with Crippen LogP contribution in [0.1, 0.15) is 16.1 Å². The number of aryl methyl sites for hydroxylation is 1. The highest BCUT2D eigenvalue weighted by Gasteiger charge is 2.48. The summed E-state index contributed by atoms with van der Waals surface area (Å²) in [4.78, 5) is 16.6. The van der Waals surface area contributed by atoms with Crippen LogP contribution in [0.15, 0.2) is 6.20 Å². The van der Waals surface area contributed by atoms with Gasteiger partial charge in [-0.3, -0.25) is 14.8 Å². The Morgan fingerprint density at radius 3 is 3.00 bits per heavy atom. The van der Waals surface area contributed by atoms with Crippen molar-refractivity contribution in [3.05, 3.63) is 17.5 Å². The van der Waals surface area contributed by atoms with E-state index in [9.17, 15) is 9.90 Å². The second-order valence-corrected chi connectivity index (χ2v) is 6.45. The smallest absolute Gasteiger partial charge is 0.257 e. The number of hydrogen-bond acceptors (Lipinski definition) is 6. The highest BCUT2D eigenvalue weighted by Crippen LogP contribution is 2.30. The van der Waals surface area contributed by atoms with Gasteiger partial charge in [-0.25, -0.2) is 0 Å². The van der Waals surface area contributed by atoms with Crippen molar-refractivity contribution in [2.45, 2.75) is 18.6 Å². The van der Waals surface area contributed by atoms with Gasteiger partial charge in [0.05, 0.1) is 37.6 Å². The highest BCUT2D eigenvalue weighted by molar-refractivity contribution is 5.95. The monoisotopic (exact) mass is 324 g/mol. The number of ether oxygens (including phenoxy) is 2. The number of carbonyl (C=O) groups is 1. The summed E-state index contributed by atoms with van der Waals surface area (Å²) in [5.41, 5.74) is 1.10. The molecule has 1 atom stereocenters. The molecule has 2 saturated heterocycles. The Balaban J connectivity index is 1.56. The number of aromatic nitrogens is 2. The quantitative estimate of drug-likeness (QED) is 0.741. The molecule has 0 aliphatic carbocycles. The molecule has 128 valence electrons. The van der Waals surface area contributed by atoms with E-state index in [4.69, 9.17) is 9.47 Å². The number of nitrogens with zero attached hydrogens (tertiary/aromatic N) is 3. The minimum Gasteiger partial charge on any atom is -0.389 e. The molecule has 3 rings (SSSR count). The Hall–Kier alpha value is -1.48. The van der Waals surface area contributed by atoms with E-state index in [2.05, 4.69) is 15.1 Å². The molecule has 0 radical (unpaired) electrons. The average Bonchev–Trinajstić information content (AvgIpc) is 2.91. The SMILES string of the molecule is COC[C@@H](O)CN1CC2(C1)CN(C(=O)c1cn[nH]c1C)CCO2. The number of hydrogen-bond donors (Lipinski definition) is 2. The largest absolute Gasteiger partial charge is 0.389 e. The van der Waals surface area contributed by atoms with Crippen LogP contribution < -0.4 is 0 Å². The molecule has 2 aliphatic heterocycles. The summed E-state index contributed by atoms with van der Waals surface area (Å²) in [5.74, 6) is -0.00297. The van der Waals surface area contributed by atoms with Crippen molar-refractivity contribution in [2.75, 3.05) is 53.0 Å². The van der Waals surface area contributed by atoms with E-state index in [0.717, 1.165) is 18.8 Å². The minimum absolute atomic E-state index is 0.00297. The lowest BCUT2D eigenvalue weighted by atomic mass is 9.91. The standard InChI is InChI=1S/C15H24N4O4/c1-11-13(5-16-17-11)14(21)19-3-4-23-15(10-19)8-18(9-15)6-12(20)7-22-2/h5,12,20H,3-4,6-10H2,1-2H3,(H,16,17)/t12-/m0/s1. The van der Waals surface area contributed by atoms with Crippen molar-refractivity contribution < 1.29 is 19.4 Å². The Kier molecular flexibility index (Phi) is 4.67. The van der Waals surface area contributed by atoms with Crippen molar-refractivity contribution in [1.29, 1.82) is 0 Å². The number of aliphatic hydroxyl groups excluding tert-OH is 1. The molecule has 1 spiro atoms. The fourth-order valence-electron chi connectivity index (χ4n) is 3.39. The number of likely N-dealkylation sites (tertiary alicyclic amines) is 1. The van der Waals surface area contributed by atoms with Gasteiger partial charge in [-0.1, -0.05) is 0 Å². The molecule has 2 N–H and O–H groups in total. The van der Waals surface area contributed by atoms with Gasteiger partial charge in [-0.2, -0.15) is 5.10 Å². The van der Waals surface area contributed by atoms with Gasteiger partial charge in [0.25, 0.3) is 5.91 Å². The molecule has 23 heavy (non-hydrogen) atoms. The zero-order chi connectivity index (χ0) is 16.4. The predicted octanol–water partition coefficient (Wildman–Crippen LogP) is -0.748. The van der Waals surface area contributed by atoms with E-state index < -0.39 is 6.10 Å². The molecule has 2 fully saturated rings. The van der Waals surface area contributed by atoms with Crippen molar-refractivity contribution >= 4 is 5.91 Å². The van der Waals surface area contributed by atoms with E-state index >= 15 is 0 Å². The molecule has 0 unspecified atom stereocenters. The lowest BCUT2D eigenvalue weighted by Crippen LogP contribution is -2.71. The van der Waals surface area contributed by atoms with E-state index in [1.807, 2.05) is 11.8 Å². The Morgan fingerprint density at radius 1 is 1.57 bits per heavy atom. The van der Waals surface area contributed by atoms with Gasteiger partial charge < -0.3 is 19.5 Å². The molecule has 1 amide bonds. The van der Waals surface area contributed by atoms with Gasteiger partial charge in [0.1, 0.15) is 5.60 Å². The van der Waals surface area contributed by atoms with Crippen LogP contribution >= 0.6 is 0 Å². The van der Waals surface area contributed by atoms with Crippen LogP contribution in [0.5, 0.6) is 0 Å². The van der Waals surface area contributed by atoms with Crippen LogP contribution in [-0.2, 0) is 9.47 Å². The number of morpholine rings is 1. The first kappa shape index (κ1) is 16.4. The first-order valence-electron chi connectivity index (χ1n) is 7.85. The summed E-state index contributed by atoms with van der Waals surface area (Å²) in [6.45, 7) is 5.90. The van der Waals surface area contributed by atoms with Gasteiger partial charge in [0.2, 0.25) is 0 Å². The molecule has 1 aromatic heterocycles. The summed E-state index contributed by atoms with van der Waals surface area (Å²) in [7, 11) is 1.58. The third kappa shape index (κ3) is 3.40. The molecule has 0 saturated carbocycles. The molecular weight excluding hydrogens is 300 g/mol. The summed E-state index contributed by atoms with van der Waals surface area (Å²) < 4.78 is 10.9. The zero-order valence-electron chi connectivity index (χ0n) is 13.6. The third-order valence-electron chi connectivity index (χ3n) is 4.45. The number of carbonyl (C=O) groups excluding carboxylic acids is 1. The van der Waals surface area contributed by atoms with Crippen molar-refractivity contribution in [3.63, 3.8) is 0 Å². The fraction of sp³-hybridized carbons (Fsp3) is 0.733. The van der Waals surface area contributed by atoms with Crippen molar-refractivity contribution in [1.82, 2.24) is 20.0 Å². The Morgan fingerprint density at radius 2 is 2.35 bits per heavy atom. The number of amides is 1. The van der Waals surface area contributed by atoms with Crippen molar-refractivity contribution in [3.8, 4) is 0 Å². The van der Waals surface area contributed by atoms with Crippen LogP contribution in [0.2, 0.25) is 0 Å². The normalized spacial score (nSPS) is 22.1. The topological polar surface area (TPSA) is 90.9 Å². The average molecular weight is 324 g/mol. The number of rotatable bonds is 5. The summed E-state index contributed by atoms with van der Waals surface area (Å²) in [6, 6.07) is 0. The maximum absolute atomic E-state index is 12.6. The lowest BCUT2D eigenvalue weighted by molar-refractivity contribution is -0.182. The second-order valence-electron chi connectivity index (χ2n) is 6.45. The number of nitrogens with one attached hydrogen (secondary N) is 1. The highest BCUT2D eigenvalue weighted by atomic mass is 16.5. The first-order valence-corrected chi connectivity index (χ1v) is 7.85. The third-order valence-corrected chi connectivity index (χ3v) is 4.45. The van der Waals surface area contributed by atoms with Gasteiger partial charge >= 0.3 is 0 Å². The number of β-amino-alcohol motifs (C(OH)–C–C–N with tert-alkyl or cyclic N) is 1. The lowest BCUT2D eigenvalue weighted by Gasteiger charge is -2.54. The van der Waals surface area contributed by atoms with Crippen LogP contribution in [0, 0.1) is 6.92 Å². The molecule has 8 heteroatoms. The summed E-state index contributed by atoms with van der Waals surface area (Å²) in [6.07, 6.45) is 1.08. The van der Waals surface area contributed by atoms with E-state index in [0.29, 0.717) is 38.4 Å². The van der Waals surface area contributed by atoms with Crippen LogP contribution in [-0.4, -0.2) is 95.8 Å². The number of aliphatic hydroxyl groups is 1. The fourth-order valence-corrected chi connectivity index (χ4v) is 3.39. The first-order chi connectivity index (χ1) is 11.0. The predicted molar refractivity (Wildman–Crippen MR) is 82.2 cm³/mol. The molecular formula is C15H24N4O4. The number of H-pyrrole nitrogens is 1.